The largest absolute Gasteiger partial charge is 0.367 e. The molecule has 0 aromatic carbocycles. The van der Waals surface area contributed by atoms with Crippen LogP contribution in [0.15, 0.2) is 12.4 Å². The summed E-state index contributed by atoms with van der Waals surface area (Å²) in [5.74, 6) is 0.967. The normalized spacial score (nSPS) is 26.2. The lowest BCUT2D eigenvalue weighted by Crippen LogP contribution is -2.34. The first-order chi connectivity index (χ1) is 11.6. The van der Waals surface area contributed by atoms with Crippen LogP contribution in [0.25, 0.3) is 0 Å². The minimum absolute atomic E-state index is 0.172. The Kier molecular flexibility index (Phi) is 5.46. The summed E-state index contributed by atoms with van der Waals surface area (Å²) in [6, 6.07) is 0. The van der Waals surface area contributed by atoms with Crippen LogP contribution in [0.5, 0.6) is 0 Å². The molecular formula is C18H28N4O2. The number of rotatable bonds is 3. The lowest BCUT2D eigenvalue weighted by molar-refractivity contribution is -0.128. The number of hydrogen-bond donors (Lipinski definition) is 0. The Morgan fingerprint density at radius 1 is 1.17 bits per heavy atom. The van der Waals surface area contributed by atoms with E-state index in [4.69, 9.17) is 4.74 Å². The van der Waals surface area contributed by atoms with Gasteiger partial charge in [-0.2, -0.15) is 0 Å². The van der Waals surface area contributed by atoms with Crippen molar-refractivity contribution < 1.29 is 9.53 Å². The van der Waals surface area contributed by atoms with Crippen LogP contribution in [0.3, 0.4) is 0 Å². The molecule has 2 aliphatic heterocycles. The fourth-order valence-electron chi connectivity index (χ4n) is 3.52. The van der Waals surface area contributed by atoms with Gasteiger partial charge in [-0.05, 0) is 32.6 Å². The van der Waals surface area contributed by atoms with Crippen molar-refractivity contribution in [2.75, 3.05) is 32.8 Å². The Hall–Kier alpha value is -1.53. The van der Waals surface area contributed by atoms with Gasteiger partial charge >= 0.3 is 0 Å². The average molecular weight is 332 g/mol. The first-order valence-corrected chi connectivity index (χ1v) is 9.00. The van der Waals surface area contributed by atoms with Crippen molar-refractivity contribution in [3.8, 4) is 0 Å². The van der Waals surface area contributed by atoms with E-state index >= 15 is 0 Å². The molecule has 0 bridgehead atoms. The lowest BCUT2D eigenvalue weighted by Gasteiger charge is -2.32. The lowest BCUT2D eigenvalue weighted by atomic mass is 9.95. The summed E-state index contributed by atoms with van der Waals surface area (Å²) in [5.41, 5.74) is 0.788. The van der Waals surface area contributed by atoms with Gasteiger partial charge in [-0.3, -0.25) is 9.69 Å². The standard InChI is InChI=1S/C18H28N4O2/c1-15(23)22-8-5-7-21(9-10-22)14-16-12-19-17(20-13-16)18(2)6-3-4-11-24-18/h12-13H,3-11,14H2,1-2H3/t18-/m0/s1. The number of ether oxygens (including phenoxy) is 1. The van der Waals surface area contributed by atoms with Crippen LogP contribution in [0, 0.1) is 0 Å². The molecule has 1 atom stereocenters. The highest BCUT2D eigenvalue weighted by Crippen LogP contribution is 2.32. The van der Waals surface area contributed by atoms with Crippen molar-refractivity contribution in [1.82, 2.24) is 19.8 Å². The zero-order chi connectivity index (χ0) is 17.0. The van der Waals surface area contributed by atoms with Crippen molar-refractivity contribution in [2.24, 2.45) is 0 Å². The molecule has 0 unspecified atom stereocenters. The van der Waals surface area contributed by atoms with E-state index < -0.39 is 0 Å². The van der Waals surface area contributed by atoms with Gasteiger partial charge in [0.2, 0.25) is 5.91 Å². The molecule has 1 aromatic heterocycles. The maximum Gasteiger partial charge on any atom is 0.219 e. The third-order valence-corrected chi connectivity index (χ3v) is 5.09. The molecule has 24 heavy (non-hydrogen) atoms. The fraction of sp³-hybridized carbons (Fsp3) is 0.722. The van der Waals surface area contributed by atoms with Gasteiger partial charge in [0.15, 0.2) is 5.82 Å². The highest BCUT2D eigenvalue weighted by Gasteiger charge is 2.32. The Morgan fingerprint density at radius 3 is 2.62 bits per heavy atom. The van der Waals surface area contributed by atoms with E-state index in [0.29, 0.717) is 0 Å². The first-order valence-electron chi connectivity index (χ1n) is 9.00. The molecule has 3 rings (SSSR count). The van der Waals surface area contributed by atoms with Gasteiger partial charge in [-0.1, -0.05) is 0 Å². The molecule has 2 fully saturated rings. The second-order valence-corrected chi connectivity index (χ2v) is 7.09. The number of nitrogens with zero attached hydrogens (tertiary/aromatic N) is 4. The molecule has 0 radical (unpaired) electrons. The quantitative estimate of drug-likeness (QED) is 0.847. The number of carbonyl (C=O) groups is 1. The fourth-order valence-corrected chi connectivity index (χ4v) is 3.52. The molecule has 1 amide bonds. The van der Waals surface area contributed by atoms with Gasteiger partial charge in [0.1, 0.15) is 5.60 Å². The van der Waals surface area contributed by atoms with Gasteiger partial charge in [0.25, 0.3) is 0 Å². The first kappa shape index (κ1) is 17.3. The Bertz CT molecular complexity index is 555. The maximum absolute atomic E-state index is 11.5. The highest BCUT2D eigenvalue weighted by atomic mass is 16.5. The summed E-state index contributed by atoms with van der Waals surface area (Å²) in [4.78, 5) is 25.0. The Balaban J connectivity index is 1.59. The van der Waals surface area contributed by atoms with Crippen molar-refractivity contribution in [3.05, 3.63) is 23.8 Å². The van der Waals surface area contributed by atoms with E-state index in [2.05, 4.69) is 21.8 Å². The molecule has 2 saturated heterocycles. The molecule has 6 heteroatoms. The number of carbonyl (C=O) groups excluding carboxylic acids is 1. The second-order valence-electron chi connectivity index (χ2n) is 7.09. The summed E-state index contributed by atoms with van der Waals surface area (Å²) < 4.78 is 5.92. The monoisotopic (exact) mass is 332 g/mol. The molecule has 2 aliphatic rings. The SMILES string of the molecule is CC(=O)N1CCCN(Cc2cnc([C@]3(C)CCCCO3)nc2)CC1. The van der Waals surface area contributed by atoms with Crippen LogP contribution < -0.4 is 0 Å². The zero-order valence-corrected chi connectivity index (χ0v) is 14.8. The minimum atomic E-state index is -0.332. The average Bonchev–Trinajstić information content (AvgIpc) is 2.82. The zero-order valence-electron chi connectivity index (χ0n) is 14.8. The summed E-state index contributed by atoms with van der Waals surface area (Å²) in [5, 5.41) is 0. The van der Waals surface area contributed by atoms with Crippen molar-refractivity contribution in [1.29, 1.82) is 0 Å². The van der Waals surface area contributed by atoms with Crippen LogP contribution in [0.4, 0.5) is 0 Å². The van der Waals surface area contributed by atoms with Crippen LogP contribution in [0.2, 0.25) is 0 Å². The molecule has 0 saturated carbocycles. The number of amides is 1. The van der Waals surface area contributed by atoms with E-state index in [1.165, 1.54) is 6.42 Å². The van der Waals surface area contributed by atoms with E-state index in [0.717, 1.165) is 70.0 Å². The van der Waals surface area contributed by atoms with Crippen LogP contribution in [-0.4, -0.2) is 58.5 Å². The summed E-state index contributed by atoms with van der Waals surface area (Å²) in [6.45, 7) is 8.94. The van der Waals surface area contributed by atoms with Gasteiger partial charge in [0.05, 0.1) is 0 Å². The highest BCUT2D eigenvalue weighted by molar-refractivity contribution is 5.73. The van der Waals surface area contributed by atoms with Gasteiger partial charge in [-0.25, -0.2) is 9.97 Å². The van der Waals surface area contributed by atoms with E-state index in [1.54, 1.807) is 6.92 Å². The van der Waals surface area contributed by atoms with E-state index in [-0.39, 0.29) is 11.5 Å². The van der Waals surface area contributed by atoms with Gasteiger partial charge < -0.3 is 9.64 Å². The molecule has 3 heterocycles. The van der Waals surface area contributed by atoms with Crippen LogP contribution in [-0.2, 0) is 21.7 Å². The maximum atomic E-state index is 11.5. The molecule has 0 N–H and O–H groups in total. The minimum Gasteiger partial charge on any atom is -0.367 e. The topological polar surface area (TPSA) is 58.6 Å². The predicted octanol–water partition coefficient (Wildman–Crippen LogP) is 1.95. The summed E-state index contributed by atoms with van der Waals surface area (Å²) in [6.07, 6.45) is 8.16. The van der Waals surface area contributed by atoms with Crippen LogP contribution >= 0.6 is 0 Å². The molecular weight excluding hydrogens is 304 g/mol. The van der Waals surface area contributed by atoms with Gasteiger partial charge in [-0.15, -0.1) is 0 Å². The summed E-state index contributed by atoms with van der Waals surface area (Å²) >= 11 is 0. The van der Waals surface area contributed by atoms with E-state index in [9.17, 15) is 4.79 Å². The van der Waals surface area contributed by atoms with E-state index in [1.807, 2.05) is 17.3 Å². The smallest absolute Gasteiger partial charge is 0.219 e. The molecule has 6 nitrogen and oxygen atoms in total. The third-order valence-electron chi connectivity index (χ3n) is 5.09. The van der Waals surface area contributed by atoms with Gasteiger partial charge in [0, 0.05) is 64.2 Å². The third kappa shape index (κ3) is 4.11. The molecule has 0 spiro atoms. The Labute approximate surface area is 144 Å². The number of aromatic nitrogens is 2. The number of hydrogen-bond acceptors (Lipinski definition) is 5. The van der Waals surface area contributed by atoms with Crippen molar-refractivity contribution in [3.63, 3.8) is 0 Å². The van der Waals surface area contributed by atoms with Crippen molar-refractivity contribution >= 4 is 5.91 Å². The second kappa shape index (κ2) is 7.57. The Morgan fingerprint density at radius 2 is 1.96 bits per heavy atom. The van der Waals surface area contributed by atoms with Crippen molar-refractivity contribution in [2.45, 2.75) is 51.7 Å². The van der Waals surface area contributed by atoms with Crippen LogP contribution in [0.1, 0.15) is 50.9 Å². The molecule has 0 aliphatic carbocycles. The molecule has 1 aromatic rings. The molecule has 132 valence electrons. The summed E-state index contributed by atoms with van der Waals surface area (Å²) in [7, 11) is 0. The predicted molar refractivity (Wildman–Crippen MR) is 91.3 cm³/mol.